The quantitative estimate of drug-likeness (QED) is 0.663. The van der Waals surface area contributed by atoms with Gasteiger partial charge in [-0.15, -0.1) is 0 Å². The molecule has 168 valence electrons. The van der Waals surface area contributed by atoms with Crippen LogP contribution < -0.4 is 10.1 Å². The van der Waals surface area contributed by atoms with Gasteiger partial charge in [0.15, 0.2) is 0 Å². The first-order valence-electron chi connectivity index (χ1n) is 11.9. The summed E-state index contributed by atoms with van der Waals surface area (Å²) in [5, 5.41) is 2.88. The highest BCUT2D eigenvalue weighted by Crippen LogP contribution is 2.19. The number of piperidine rings is 1. The topological polar surface area (TPSA) is 44.8 Å². The first kappa shape index (κ1) is 20.3. The van der Waals surface area contributed by atoms with Crippen molar-refractivity contribution in [1.29, 1.82) is 0 Å². The normalized spacial score (nSPS) is 16.5. The van der Waals surface area contributed by atoms with Crippen LogP contribution in [0.3, 0.4) is 0 Å². The number of benzene rings is 2. The van der Waals surface area contributed by atoms with Gasteiger partial charge < -0.3 is 19.9 Å². The highest BCUT2D eigenvalue weighted by atomic mass is 19.1. The van der Waals surface area contributed by atoms with Gasteiger partial charge in [0.1, 0.15) is 11.6 Å². The average molecular weight is 430 g/mol. The van der Waals surface area contributed by atoms with E-state index in [0.29, 0.717) is 25.4 Å². The fourth-order valence-corrected chi connectivity index (χ4v) is 3.45. The number of nitrogens with zero attached hydrogens (tertiary/aromatic N) is 2. The number of urea groups is 1. The molecular formula is C25H34FN3O2. The van der Waals surface area contributed by atoms with Crippen molar-refractivity contribution in [2.24, 2.45) is 5.92 Å². The number of hydrogen-bond acceptors (Lipinski definition) is 3. The first-order valence-corrected chi connectivity index (χ1v) is 10.9. The summed E-state index contributed by atoms with van der Waals surface area (Å²) in [4.78, 5) is 16.8. The molecule has 2 aromatic rings. The molecule has 0 spiro atoms. The van der Waals surface area contributed by atoms with Crippen LogP contribution in [0.25, 0.3) is 0 Å². The molecule has 0 unspecified atom stereocenters. The van der Waals surface area contributed by atoms with Gasteiger partial charge in [-0.3, -0.25) is 0 Å². The van der Waals surface area contributed by atoms with Gasteiger partial charge in [0.25, 0.3) is 0 Å². The van der Waals surface area contributed by atoms with Gasteiger partial charge in [-0.1, -0.05) is 38.1 Å². The Hall–Kier alpha value is -2.60. The van der Waals surface area contributed by atoms with Gasteiger partial charge in [0.05, 0.1) is 9.35 Å². The molecule has 1 N–H and O–H groups in total. The van der Waals surface area contributed by atoms with E-state index in [9.17, 15) is 9.18 Å². The Kier molecular flexibility index (Phi) is 7.30. The predicted molar refractivity (Wildman–Crippen MR) is 121 cm³/mol. The SMILES string of the molecule is [2H]C([2H])(c1ccc(F)cc1)N(C(=O)NCc1ccc(OCC(C)C)cc1)C1CCN(C)CC1. The number of carbonyl (C=O) groups is 1. The molecule has 0 aliphatic carbocycles. The highest BCUT2D eigenvalue weighted by molar-refractivity contribution is 5.74. The van der Waals surface area contributed by atoms with E-state index in [0.717, 1.165) is 24.4 Å². The highest BCUT2D eigenvalue weighted by Gasteiger charge is 2.27. The Labute approximate surface area is 188 Å². The molecule has 1 saturated heterocycles. The van der Waals surface area contributed by atoms with Crippen molar-refractivity contribution >= 4 is 6.03 Å². The van der Waals surface area contributed by atoms with Gasteiger partial charge in [0.2, 0.25) is 0 Å². The van der Waals surface area contributed by atoms with E-state index in [1.54, 1.807) is 0 Å². The van der Waals surface area contributed by atoms with E-state index < -0.39 is 18.3 Å². The van der Waals surface area contributed by atoms with Crippen LogP contribution in [-0.4, -0.2) is 48.6 Å². The molecule has 2 amide bonds. The van der Waals surface area contributed by atoms with E-state index in [-0.39, 0.29) is 18.2 Å². The lowest BCUT2D eigenvalue weighted by molar-refractivity contribution is 0.127. The van der Waals surface area contributed by atoms with E-state index in [4.69, 9.17) is 7.48 Å². The number of rotatable bonds is 8. The molecule has 0 aromatic heterocycles. The van der Waals surface area contributed by atoms with Crippen molar-refractivity contribution in [3.8, 4) is 5.75 Å². The summed E-state index contributed by atoms with van der Waals surface area (Å²) < 4.78 is 36.7. The molecule has 2 aromatic carbocycles. The fraction of sp³-hybridized carbons (Fsp3) is 0.480. The van der Waals surface area contributed by atoms with Gasteiger partial charge in [0, 0.05) is 19.1 Å². The zero-order valence-electron chi connectivity index (χ0n) is 20.6. The third-order valence-corrected chi connectivity index (χ3v) is 5.32. The molecular weight excluding hydrogens is 393 g/mol. The Morgan fingerprint density at radius 1 is 1.16 bits per heavy atom. The van der Waals surface area contributed by atoms with Gasteiger partial charge >= 0.3 is 6.03 Å². The smallest absolute Gasteiger partial charge is 0.318 e. The van der Waals surface area contributed by atoms with Crippen LogP contribution in [-0.2, 0) is 13.0 Å². The summed E-state index contributed by atoms with van der Waals surface area (Å²) in [6, 6.07) is 12.1. The average Bonchev–Trinajstić information content (AvgIpc) is 2.78. The van der Waals surface area contributed by atoms with Gasteiger partial charge in [-0.05, 0) is 74.3 Å². The van der Waals surface area contributed by atoms with Crippen LogP contribution in [0, 0.1) is 11.7 Å². The van der Waals surface area contributed by atoms with Crippen molar-refractivity contribution in [3.05, 3.63) is 65.5 Å². The molecule has 6 heteroatoms. The second-order valence-corrected chi connectivity index (χ2v) is 8.53. The maximum atomic E-state index is 13.4. The first-order chi connectivity index (χ1) is 15.7. The molecule has 1 aliphatic heterocycles. The van der Waals surface area contributed by atoms with E-state index in [1.165, 1.54) is 29.2 Å². The number of nitrogens with one attached hydrogen (secondary N) is 1. The number of halogens is 1. The minimum atomic E-state index is -2.08. The molecule has 0 radical (unpaired) electrons. The summed E-state index contributed by atoms with van der Waals surface area (Å²) in [6.45, 7) is 4.58. The van der Waals surface area contributed by atoms with E-state index >= 15 is 0 Å². The second kappa shape index (κ2) is 11.1. The molecule has 31 heavy (non-hydrogen) atoms. The standard InChI is InChI=1S/C25H34FN3O2/c1-19(2)18-31-24-10-6-20(7-11-24)16-27-25(30)29(23-12-14-28(3)15-13-23)17-21-4-8-22(26)9-5-21/h4-11,19,23H,12-18H2,1-3H3,(H,27,30)/i17D2. The lowest BCUT2D eigenvalue weighted by Crippen LogP contribution is -2.49. The number of hydrogen-bond donors (Lipinski definition) is 1. The zero-order chi connectivity index (χ0) is 24.0. The maximum absolute atomic E-state index is 13.4. The van der Waals surface area contributed by atoms with Crippen molar-refractivity contribution in [3.63, 3.8) is 0 Å². The van der Waals surface area contributed by atoms with Crippen molar-refractivity contribution in [1.82, 2.24) is 15.1 Å². The number of ether oxygens (including phenoxy) is 1. The Balaban J connectivity index is 1.73. The van der Waals surface area contributed by atoms with Crippen molar-refractivity contribution in [2.45, 2.75) is 45.8 Å². The monoisotopic (exact) mass is 429 g/mol. The summed E-state index contributed by atoms with van der Waals surface area (Å²) in [6.07, 6.45) is 1.35. The summed E-state index contributed by atoms with van der Waals surface area (Å²) in [5.41, 5.74) is 1.15. The van der Waals surface area contributed by atoms with Crippen LogP contribution in [0.1, 0.15) is 40.6 Å². The maximum Gasteiger partial charge on any atom is 0.318 e. The number of amides is 2. The number of likely N-dealkylation sites (tertiary alicyclic amines) is 1. The van der Waals surface area contributed by atoms with Crippen LogP contribution >= 0.6 is 0 Å². The largest absolute Gasteiger partial charge is 0.493 e. The third kappa shape index (κ3) is 7.24. The Morgan fingerprint density at radius 2 is 1.77 bits per heavy atom. The van der Waals surface area contributed by atoms with E-state index in [2.05, 4.69) is 24.1 Å². The van der Waals surface area contributed by atoms with E-state index in [1.807, 2.05) is 31.3 Å². The van der Waals surface area contributed by atoms with Crippen LogP contribution in [0.5, 0.6) is 5.75 Å². The van der Waals surface area contributed by atoms with Gasteiger partial charge in [-0.2, -0.15) is 0 Å². The van der Waals surface area contributed by atoms with Crippen molar-refractivity contribution in [2.75, 3.05) is 26.7 Å². The Morgan fingerprint density at radius 3 is 2.39 bits per heavy atom. The molecule has 3 rings (SSSR count). The zero-order valence-corrected chi connectivity index (χ0v) is 18.6. The van der Waals surface area contributed by atoms with Gasteiger partial charge in [-0.25, -0.2) is 9.18 Å². The summed E-state index contributed by atoms with van der Waals surface area (Å²) in [7, 11) is 2.02. The summed E-state index contributed by atoms with van der Waals surface area (Å²) in [5.74, 6) is 0.774. The molecule has 0 atom stereocenters. The molecule has 5 nitrogen and oxygen atoms in total. The number of carbonyl (C=O) groups excluding carboxylic acids is 1. The molecule has 1 heterocycles. The van der Waals surface area contributed by atoms with Crippen LogP contribution in [0.15, 0.2) is 48.5 Å². The van der Waals surface area contributed by atoms with Crippen molar-refractivity contribution < 1.29 is 16.7 Å². The lowest BCUT2D eigenvalue weighted by Gasteiger charge is -2.37. The fourth-order valence-electron chi connectivity index (χ4n) is 3.45. The molecule has 0 bridgehead atoms. The Bertz CT molecular complexity index is 899. The summed E-state index contributed by atoms with van der Waals surface area (Å²) >= 11 is 0. The minimum Gasteiger partial charge on any atom is -0.493 e. The predicted octanol–water partition coefficient (Wildman–Crippen LogP) is 4.67. The third-order valence-electron chi connectivity index (χ3n) is 5.32. The van der Waals surface area contributed by atoms with Crippen LogP contribution in [0.4, 0.5) is 9.18 Å². The second-order valence-electron chi connectivity index (χ2n) is 8.53. The molecule has 1 aliphatic rings. The lowest BCUT2D eigenvalue weighted by atomic mass is 10.0. The molecule has 0 saturated carbocycles. The minimum absolute atomic E-state index is 0.254. The van der Waals surface area contributed by atoms with Crippen LogP contribution in [0.2, 0.25) is 0 Å². The molecule has 1 fully saturated rings.